The van der Waals surface area contributed by atoms with Crippen molar-refractivity contribution >= 4 is 22.9 Å². The van der Waals surface area contributed by atoms with Gasteiger partial charge in [-0.05, 0) is 58.6 Å². The third kappa shape index (κ3) is 21.3. The van der Waals surface area contributed by atoms with Gasteiger partial charge in [0.05, 0.1) is 19.3 Å². The van der Waals surface area contributed by atoms with E-state index in [0.29, 0.717) is 19.8 Å². The molecule has 0 radical (unpaired) electrons. The summed E-state index contributed by atoms with van der Waals surface area (Å²) in [5.41, 5.74) is 0. The fourth-order valence-corrected chi connectivity index (χ4v) is 2.36. The van der Waals surface area contributed by atoms with Crippen molar-refractivity contribution in [3.8, 4) is 0 Å². The molecule has 0 atom stereocenters. The molecule has 160 valence electrons. The maximum atomic E-state index is 11.4. The number of ether oxygens (including phenoxy) is 3. The van der Waals surface area contributed by atoms with Crippen molar-refractivity contribution in [2.45, 2.75) is 58.5 Å². The lowest BCUT2D eigenvalue weighted by Gasteiger charge is -2.08. The van der Waals surface area contributed by atoms with Gasteiger partial charge in [0.1, 0.15) is 6.61 Å². The molecule has 0 aromatic heterocycles. The number of thioether (sulfide) groups is 1. The molecular formula is C19H38N2O5S. The summed E-state index contributed by atoms with van der Waals surface area (Å²) in [5, 5.41) is 5.70. The van der Waals surface area contributed by atoms with Gasteiger partial charge in [-0.15, -0.1) is 0 Å². The van der Waals surface area contributed by atoms with Gasteiger partial charge in [0.25, 0.3) is 5.24 Å². The monoisotopic (exact) mass is 406 g/mol. The Hall–Kier alpha value is -0.830. The minimum Gasteiger partial charge on any atom is -0.379 e. The molecule has 0 aliphatic carbocycles. The Balaban J connectivity index is 3.13. The van der Waals surface area contributed by atoms with E-state index < -0.39 is 0 Å². The number of rotatable bonds is 18. The molecule has 8 heteroatoms. The molecule has 0 saturated carbocycles. The van der Waals surface area contributed by atoms with Gasteiger partial charge < -0.3 is 24.8 Å². The summed E-state index contributed by atoms with van der Waals surface area (Å²) in [7, 11) is 0. The Morgan fingerprint density at radius 3 is 1.89 bits per heavy atom. The highest BCUT2D eigenvalue weighted by Gasteiger charge is 2.02. The van der Waals surface area contributed by atoms with Gasteiger partial charge in [0.15, 0.2) is 0 Å². The van der Waals surface area contributed by atoms with Crippen LogP contribution in [-0.2, 0) is 19.0 Å². The highest BCUT2D eigenvalue weighted by molar-refractivity contribution is 8.12. The van der Waals surface area contributed by atoms with Gasteiger partial charge >= 0.3 is 0 Å². The van der Waals surface area contributed by atoms with E-state index in [2.05, 4.69) is 10.6 Å². The second kappa shape index (κ2) is 19.9. The third-order valence-corrected chi connectivity index (χ3v) is 4.14. The molecule has 0 aromatic carbocycles. The highest BCUT2D eigenvalue weighted by atomic mass is 32.2. The van der Waals surface area contributed by atoms with Crippen LogP contribution in [0.3, 0.4) is 0 Å². The minimum absolute atomic E-state index is 0.0318. The molecule has 0 aliphatic heterocycles. The molecule has 0 spiro atoms. The van der Waals surface area contributed by atoms with Gasteiger partial charge in [-0.2, -0.15) is 0 Å². The van der Waals surface area contributed by atoms with Gasteiger partial charge in [0, 0.05) is 26.3 Å². The summed E-state index contributed by atoms with van der Waals surface area (Å²) in [6.07, 6.45) is 7.85. The normalized spacial score (nSPS) is 11.0. The average molecular weight is 407 g/mol. The molecule has 0 aliphatic rings. The maximum Gasteiger partial charge on any atom is 0.278 e. The van der Waals surface area contributed by atoms with Crippen LogP contribution in [0, 0.1) is 0 Å². The molecule has 2 amide bonds. The van der Waals surface area contributed by atoms with Crippen LogP contribution in [0.15, 0.2) is 0 Å². The van der Waals surface area contributed by atoms with E-state index in [0.717, 1.165) is 58.3 Å². The molecule has 0 fully saturated rings. The molecule has 0 saturated heterocycles. The lowest BCUT2D eigenvalue weighted by molar-refractivity contribution is -0.127. The molecule has 0 rings (SSSR count). The smallest absolute Gasteiger partial charge is 0.278 e. The van der Waals surface area contributed by atoms with Crippen molar-refractivity contribution < 1.29 is 23.8 Å². The zero-order valence-corrected chi connectivity index (χ0v) is 18.0. The second-order valence-electron chi connectivity index (χ2n) is 6.47. The van der Waals surface area contributed by atoms with Crippen LogP contribution in [0.1, 0.15) is 52.4 Å². The van der Waals surface area contributed by atoms with Crippen molar-refractivity contribution in [3.05, 3.63) is 0 Å². The van der Waals surface area contributed by atoms with Crippen molar-refractivity contribution in [2.75, 3.05) is 52.4 Å². The summed E-state index contributed by atoms with van der Waals surface area (Å²) in [6.45, 7) is 8.08. The average Bonchev–Trinajstić information content (AvgIpc) is 2.65. The summed E-state index contributed by atoms with van der Waals surface area (Å²) in [5.74, 6) is -0.0539. The van der Waals surface area contributed by atoms with Gasteiger partial charge in [0.2, 0.25) is 5.91 Å². The Labute approximate surface area is 168 Å². The van der Waals surface area contributed by atoms with Gasteiger partial charge in [-0.3, -0.25) is 9.59 Å². The van der Waals surface area contributed by atoms with E-state index in [1.165, 1.54) is 11.8 Å². The van der Waals surface area contributed by atoms with Crippen molar-refractivity contribution in [2.24, 2.45) is 0 Å². The predicted molar refractivity (Wildman–Crippen MR) is 110 cm³/mol. The number of unbranched alkanes of at least 4 members (excludes halogenated alkanes) is 4. The maximum absolute atomic E-state index is 11.4. The predicted octanol–water partition coefficient (Wildman–Crippen LogP) is 2.97. The molecule has 2 N–H and O–H groups in total. The molecule has 7 nitrogen and oxygen atoms in total. The number of nitrogens with one attached hydrogen (secondary N) is 2. The number of amides is 2. The lowest BCUT2D eigenvalue weighted by Crippen LogP contribution is -2.29. The molecular weight excluding hydrogens is 368 g/mol. The van der Waals surface area contributed by atoms with Crippen molar-refractivity contribution in [3.63, 3.8) is 0 Å². The molecule has 0 heterocycles. The van der Waals surface area contributed by atoms with Crippen molar-refractivity contribution in [1.82, 2.24) is 10.6 Å². The zero-order valence-electron chi connectivity index (χ0n) is 17.2. The van der Waals surface area contributed by atoms with Crippen LogP contribution in [-0.4, -0.2) is 69.6 Å². The fraction of sp³-hybridized carbons (Fsp3) is 0.895. The van der Waals surface area contributed by atoms with Crippen LogP contribution in [0.2, 0.25) is 0 Å². The number of hydrogen-bond acceptors (Lipinski definition) is 6. The lowest BCUT2D eigenvalue weighted by atomic mass is 10.2. The molecule has 0 aromatic rings. The molecule has 27 heavy (non-hydrogen) atoms. The first-order valence-corrected chi connectivity index (χ1v) is 11.1. The van der Waals surface area contributed by atoms with Crippen LogP contribution in [0.25, 0.3) is 0 Å². The highest BCUT2D eigenvalue weighted by Crippen LogP contribution is 1.98. The summed E-state index contributed by atoms with van der Waals surface area (Å²) in [6, 6.07) is 0. The number of hydrogen-bond donors (Lipinski definition) is 2. The largest absolute Gasteiger partial charge is 0.379 e. The topological polar surface area (TPSA) is 85.9 Å². The van der Waals surface area contributed by atoms with Crippen LogP contribution in [0.4, 0.5) is 4.79 Å². The SMILES string of the molecule is CSC(=O)NCCCCCOCCOCCCCCNC(=O)COC(C)C. The summed E-state index contributed by atoms with van der Waals surface area (Å²) < 4.78 is 16.3. The molecule has 0 bridgehead atoms. The Morgan fingerprint density at radius 1 is 0.815 bits per heavy atom. The Bertz CT molecular complexity index is 370. The summed E-state index contributed by atoms with van der Waals surface area (Å²) >= 11 is 1.21. The van der Waals surface area contributed by atoms with Crippen LogP contribution >= 0.6 is 11.8 Å². The Morgan fingerprint density at radius 2 is 1.37 bits per heavy atom. The Kier molecular flexibility index (Phi) is 19.3. The van der Waals surface area contributed by atoms with E-state index in [-0.39, 0.29) is 23.9 Å². The summed E-state index contributed by atoms with van der Waals surface area (Å²) in [4.78, 5) is 22.4. The number of carbonyl (C=O) groups excluding carboxylic acids is 2. The number of carbonyl (C=O) groups is 2. The van der Waals surface area contributed by atoms with E-state index in [4.69, 9.17) is 14.2 Å². The van der Waals surface area contributed by atoms with E-state index in [9.17, 15) is 9.59 Å². The van der Waals surface area contributed by atoms with E-state index in [1.807, 2.05) is 13.8 Å². The molecule has 0 unspecified atom stereocenters. The standard InChI is InChI=1S/C19H38N2O5S/c1-17(2)26-16-18(22)20-10-6-4-8-12-24-14-15-25-13-9-5-7-11-21-19(23)27-3/h17H,4-16H2,1-3H3,(H,20,22)(H,21,23). The van der Waals surface area contributed by atoms with Gasteiger partial charge in [-0.1, -0.05) is 11.8 Å². The van der Waals surface area contributed by atoms with Crippen LogP contribution in [0.5, 0.6) is 0 Å². The fourth-order valence-electron chi connectivity index (χ4n) is 2.12. The zero-order chi connectivity index (χ0) is 20.2. The first-order chi connectivity index (χ1) is 13.1. The van der Waals surface area contributed by atoms with Crippen LogP contribution < -0.4 is 10.6 Å². The minimum atomic E-state index is -0.0539. The second-order valence-corrected chi connectivity index (χ2v) is 7.25. The van der Waals surface area contributed by atoms with Crippen molar-refractivity contribution in [1.29, 1.82) is 0 Å². The van der Waals surface area contributed by atoms with Gasteiger partial charge in [-0.25, -0.2) is 0 Å². The third-order valence-electron chi connectivity index (χ3n) is 3.63. The first-order valence-electron chi connectivity index (χ1n) is 9.92. The quantitative estimate of drug-likeness (QED) is 0.340. The van der Waals surface area contributed by atoms with E-state index in [1.54, 1.807) is 6.26 Å². The first kappa shape index (κ1) is 26.2. The van der Waals surface area contributed by atoms with E-state index >= 15 is 0 Å².